The summed E-state index contributed by atoms with van der Waals surface area (Å²) in [5.74, 6) is 0.141. The molecule has 0 saturated carbocycles. The summed E-state index contributed by atoms with van der Waals surface area (Å²) < 4.78 is 0. The zero-order chi connectivity index (χ0) is 9.68. The average Bonchev–Trinajstić information content (AvgIpc) is 2.14. The molecule has 1 saturated heterocycles. The van der Waals surface area contributed by atoms with E-state index >= 15 is 0 Å². The van der Waals surface area contributed by atoms with Crippen LogP contribution < -0.4 is 10.6 Å². The summed E-state index contributed by atoms with van der Waals surface area (Å²) in [6.45, 7) is 2.38. The van der Waals surface area contributed by atoms with Gasteiger partial charge in [-0.25, -0.2) is 0 Å². The van der Waals surface area contributed by atoms with Crippen LogP contribution in [0, 0.1) is 0 Å². The van der Waals surface area contributed by atoms with Crippen LogP contribution in [-0.2, 0) is 9.59 Å². The maximum absolute atomic E-state index is 11.0. The van der Waals surface area contributed by atoms with Gasteiger partial charge >= 0.3 is 0 Å². The van der Waals surface area contributed by atoms with Gasteiger partial charge in [-0.2, -0.15) is 0 Å². The zero-order valence-corrected chi connectivity index (χ0v) is 7.93. The van der Waals surface area contributed by atoms with E-state index in [9.17, 15) is 9.59 Å². The summed E-state index contributed by atoms with van der Waals surface area (Å²) in [6.07, 6.45) is 3.02. The molecule has 0 aliphatic carbocycles. The number of hydrogen-bond donors (Lipinski definition) is 2. The van der Waals surface area contributed by atoms with Crippen LogP contribution >= 0.6 is 0 Å². The second-order valence-corrected chi connectivity index (χ2v) is 3.31. The minimum Gasteiger partial charge on any atom is -0.354 e. The van der Waals surface area contributed by atoms with Crippen molar-refractivity contribution in [3.63, 3.8) is 0 Å². The molecule has 0 aromatic rings. The van der Waals surface area contributed by atoms with Gasteiger partial charge in [0.25, 0.3) is 0 Å². The molecule has 0 aromatic carbocycles. The van der Waals surface area contributed by atoms with E-state index < -0.39 is 0 Å². The number of nitrogens with one attached hydrogen (secondary N) is 2. The van der Waals surface area contributed by atoms with E-state index in [0.29, 0.717) is 19.4 Å². The van der Waals surface area contributed by atoms with Crippen molar-refractivity contribution in [2.24, 2.45) is 0 Å². The molecule has 1 aliphatic heterocycles. The van der Waals surface area contributed by atoms with Crippen molar-refractivity contribution >= 4 is 11.8 Å². The standard InChI is InChI=1S/C9H16N2O2/c1-2-8(12)10-6-7-4-3-5-9(13)11-7/h7H,2-6H2,1H3,(H,10,12)(H,11,13). The van der Waals surface area contributed by atoms with Crippen molar-refractivity contribution in [2.75, 3.05) is 6.54 Å². The highest BCUT2D eigenvalue weighted by Gasteiger charge is 2.17. The number of rotatable bonds is 3. The van der Waals surface area contributed by atoms with E-state index in [1.54, 1.807) is 0 Å². The third kappa shape index (κ3) is 3.44. The lowest BCUT2D eigenvalue weighted by Crippen LogP contribution is -2.46. The van der Waals surface area contributed by atoms with Gasteiger partial charge in [-0.3, -0.25) is 9.59 Å². The third-order valence-electron chi connectivity index (χ3n) is 2.19. The third-order valence-corrected chi connectivity index (χ3v) is 2.19. The first-order valence-electron chi connectivity index (χ1n) is 4.78. The summed E-state index contributed by atoms with van der Waals surface area (Å²) in [5, 5.41) is 5.61. The molecule has 0 spiro atoms. The smallest absolute Gasteiger partial charge is 0.220 e. The highest BCUT2D eigenvalue weighted by molar-refractivity contribution is 5.77. The minimum atomic E-state index is 0.0415. The topological polar surface area (TPSA) is 58.2 Å². The van der Waals surface area contributed by atoms with Gasteiger partial charge in [0.2, 0.25) is 11.8 Å². The first-order valence-corrected chi connectivity index (χ1v) is 4.78. The fourth-order valence-corrected chi connectivity index (χ4v) is 1.40. The zero-order valence-electron chi connectivity index (χ0n) is 7.93. The molecule has 2 amide bonds. The fourth-order valence-electron chi connectivity index (χ4n) is 1.40. The quantitative estimate of drug-likeness (QED) is 0.657. The molecule has 1 heterocycles. The maximum Gasteiger partial charge on any atom is 0.220 e. The molecule has 0 radical (unpaired) electrons. The van der Waals surface area contributed by atoms with E-state index in [2.05, 4.69) is 10.6 Å². The monoisotopic (exact) mass is 184 g/mol. The molecule has 74 valence electrons. The Bertz CT molecular complexity index is 204. The van der Waals surface area contributed by atoms with Gasteiger partial charge in [-0.15, -0.1) is 0 Å². The number of hydrogen-bond acceptors (Lipinski definition) is 2. The molecule has 1 fully saturated rings. The Labute approximate surface area is 78.1 Å². The number of amides is 2. The summed E-state index contributed by atoms with van der Waals surface area (Å²) in [5.41, 5.74) is 0. The first-order chi connectivity index (χ1) is 6.22. The molecular formula is C9H16N2O2. The Balaban J connectivity index is 2.20. The van der Waals surface area contributed by atoms with E-state index in [1.165, 1.54) is 0 Å². The molecule has 1 rings (SSSR count). The molecule has 4 nitrogen and oxygen atoms in total. The SMILES string of the molecule is CCC(=O)NCC1CCCC(=O)N1. The molecule has 0 bridgehead atoms. The molecule has 4 heteroatoms. The fraction of sp³-hybridized carbons (Fsp3) is 0.778. The van der Waals surface area contributed by atoms with Crippen LogP contribution in [0.15, 0.2) is 0 Å². The first kappa shape index (κ1) is 10.0. The highest BCUT2D eigenvalue weighted by Crippen LogP contribution is 2.06. The molecule has 1 aliphatic rings. The number of carbonyl (C=O) groups excluding carboxylic acids is 2. The van der Waals surface area contributed by atoms with Gasteiger partial charge < -0.3 is 10.6 Å². The highest BCUT2D eigenvalue weighted by atomic mass is 16.2. The van der Waals surface area contributed by atoms with E-state index in [1.807, 2.05) is 6.92 Å². The van der Waals surface area contributed by atoms with Gasteiger partial charge in [0.1, 0.15) is 0 Å². The van der Waals surface area contributed by atoms with E-state index in [0.717, 1.165) is 12.8 Å². The van der Waals surface area contributed by atoms with Crippen molar-refractivity contribution < 1.29 is 9.59 Å². The molecule has 13 heavy (non-hydrogen) atoms. The predicted octanol–water partition coefficient (Wildman–Crippen LogP) is 0.181. The molecule has 2 N–H and O–H groups in total. The Morgan fingerprint density at radius 3 is 3.08 bits per heavy atom. The Morgan fingerprint density at radius 2 is 2.46 bits per heavy atom. The van der Waals surface area contributed by atoms with Crippen molar-refractivity contribution in [1.82, 2.24) is 10.6 Å². The summed E-state index contributed by atoms with van der Waals surface area (Å²) >= 11 is 0. The van der Waals surface area contributed by atoms with Gasteiger partial charge in [-0.1, -0.05) is 6.92 Å². The van der Waals surface area contributed by atoms with Crippen LogP contribution in [-0.4, -0.2) is 24.4 Å². The molecule has 0 aromatic heterocycles. The van der Waals surface area contributed by atoms with E-state index in [-0.39, 0.29) is 17.9 Å². The number of piperidine rings is 1. The Morgan fingerprint density at radius 1 is 1.69 bits per heavy atom. The van der Waals surface area contributed by atoms with Crippen molar-refractivity contribution in [3.8, 4) is 0 Å². The molecular weight excluding hydrogens is 168 g/mol. The second kappa shape index (κ2) is 4.84. The van der Waals surface area contributed by atoms with Gasteiger partial charge in [0, 0.05) is 25.4 Å². The molecule has 1 atom stereocenters. The predicted molar refractivity (Wildman–Crippen MR) is 49.1 cm³/mol. The van der Waals surface area contributed by atoms with Crippen LogP contribution in [0.2, 0.25) is 0 Å². The van der Waals surface area contributed by atoms with Crippen molar-refractivity contribution in [1.29, 1.82) is 0 Å². The van der Waals surface area contributed by atoms with Crippen LogP contribution in [0.4, 0.5) is 0 Å². The van der Waals surface area contributed by atoms with Gasteiger partial charge in [0.05, 0.1) is 0 Å². The van der Waals surface area contributed by atoms with Crippen LogP contribution in [0.25, 0.3) is 0 Å². The Kier molecular flexibility index (Phi) is 3.73. The molecule has 1 unspecified atom stereocenters. The lowest BCUT2D eigenvalue weighted by molar-refractivity contribution is -0.124. The summed E-state index contributed by atoms with van der Waals surface area (Å²) in [7, 11) is 0. The Hall–Kier alpha value is -1.06. The maximum atomic E-state index is 11.0. The number of carbonyl (C=O) groups is 2. The summed E-state index contributed by atoms with van der Waals surface area (Å²) in [6, 6.07) is 0.136. The second-order valence-electron chi connectivity index (χ2n) is 3.31. The van der Waals surface area contributed by atoms with Gasteiger partial charge in [0.15, 0.2) is 0 Å². The normalized spacial score (nSPS) is 22.2. The van der Waals surface area contributed by atoms with Crippen LogP contribution in [0.5, 0.6) is 0 Å². The van der Waals surface area contributed by atoms with Crippen molar-refractivity contribution in [2.45, 2.75) is 38.6 Å². The lowest BCUT2D eigenvalue weighted by atomic mass is 10.0. The van der Waals surface area contributed by atoms with Crippen molar-refractivity contribution in [3.05, 3.63) is 0 Å². The van der Waals surface area contributed by atoms with E-state index in [4.69, 9.17) is 0 Å². The average molecular weight is 184 g/mol. The lowest BCUT2D eigenvalue weighted by Gasteiger charge is -2.23. The summed E-state index contributed by atoms with van der Waals surface area (Å²) in [4.78, 5) is 21.9. The largest absolute Gasteiger partial charge is 0.354 e. The van der Waals surface area contributed by atoms with Crippen LogP contribution in [0.1, 0.15) is 32.6 Å². The van der Waals surface area contributed by atoms with Crippen LogP contribution in [0.3, 0.4) is 0 Å². The van der Waals surface area contributed by atoms with Gasteiger partial charge in [-0.05, 0) is 12.8 Å². The minimum absolute atomic E-state index is 0.0415.